The normalized spacial score (nSPS) is 25.1. The number of hydrogen-bond donors (Lipinski definition) is 0. The van der Waals surface area contributed by atoms with Gasteiger partial charge in [0.1, 0.15) is 23.9 Å². The maximum Gasteiger partial charge on any atom is 0.410 e. The zero-order chi connectivity index (χ0) is 23.9. The molecule has 4 heterocycles. The Bertz CT molecular complexity index is 1060. The number of anilines is 2. The topological polar surface area (TPSA) is 89.9 Å². The van der Waals surface area contributed by atoms with Gasteiger partial charge in [-0.25, -0.2) is 14.8 Å². The first-order valence-corrected chi connectivity index (χ1v) is 12.0. The molecular formula is C25H33N5O4. The first-order valence-electron chi connectivity index (χ1n) is 12.0. The van der Waals surface area contributed by atoms with E-state index >= 15 is 0 Å². The first kappa shape index (κ1) is 22.8. The summed E-state index contributed by atoms with van der Waals surface area (Å²) in [5, 5.41) is 0. The fourth-order valence-corrected chi connectivity index (χ4v) is 5.03. The number of pyridine rings is 1. The smallest absolute Gasteiger partial charge is 0.410 e. The number of aromatic nitrogens is 3. The van der Waals surface area contributed by atoms with Gasteiger partial charge in [-0.3, -0.25) is 4.98 Å². The van der Waals surface area contributed by atoms with Crippen LogP contribution in [0.5, 0.6) is 5.88 Å². The van der Waals surface area contributed by atoms with Gasteiger partial charge < -0.3 is 24.0 Å². The minimum Gasteiger partial charge on any atom is -0.473 e. The molecule has 0 radical (unpaired) electrons. The van der Waals surface area contributed by atoms with E-state index < -0.39 is 0 Å². The number of amides is 1. The van der Waals surface area contributed by atoms with E-state index in [1.807, 2.05) is 26.1 Å². The van der Waals surface area contributed by atoms with Crippen LogP contribution in [0.25, 0.3) is 0 Å². The van der Waals surface area contributed by atoms with Crippen LogP contribution < -0.4 is 9.64 Å². The number of carbonyl (C=O) groups excluding carboxylic acids is 1. The van der Waals surface area contributed by atoms with Crippen molar-refractivity contribution in [2.24, 2.45) is 11.8 Å². The highest BCUT2D eigenvalue weighted by Crippen LogP contribution is 2.40. The second kappa shape index (κ2) is 9.02. The number of ether oxygens (including phenoxy) is 3. The van der Waals surface area contributed by atoms with Crippen LogP contribution in [0.15, 0.2) is 24.7 Å². The van der Waals surface area contributed by atoms with Gasteiger partial charge in [0.15, 0.2) is 0 Å². The molecule has 0 spiro atoms. The highest BCUT2D eigenvalue weighted by Gasteiger charge is 2.45. The van der Waals surface area contributed by atoms with Gasteiger partial charge in [-0.05, 0) is 38.8 Å². The van der Waals surface area contributed by atoms with E-state index in [0.29, 0.717) is 25.6 Å². The van der Waals surface area contributed by atoms with Gasteiger partial charge in [0.05, 0.1) is 23.6 Å². The van der Waals surface area contributed by atoms with Gasteiger partial charge in [0.25, 0.3) is 0 Å². The Balaban J connectivity index is 1.34. The molecule has 0 aromatic carbocycles. The number of hydrogen-bond acceptors (Lipinski definition) is 8. The summed E-state index contributed by atoms with van der Waals surface area (Å²) in [6.45, 7) is 8.50. The zero-order valence-electron chi connectivity index (χ0n) is 20.4. The van der Waals surface area contributed by atoms with E-state index in [0.717, 1.165) is 48.6 Å². The third-order valence-electron chi connectivity index (χ3n) is 7.16. The molecule has 2 aromatic heterocycles. The highest BCUT2D eigenvalue weighted by molar-refractivity contribution is 5.69. The SMILES string of the molecule is COCC1CN(C(=O)OC2(C)CC2)CC(C)C1Oc1ncnc(N2CCc3ncccc32)c1C. The van der Waals surface area contributed by atoms with Crippen molar-refractivity contribution in [1.29, 1.82) is 0 Å². The number of likely N-dealkylation sites (tertiary alicyclic amines) is 1. The largest absolute Gasteiger partial charge is 0.473 e. The molecule has 1 aliphatic carbocycles. The van der Waals surface area contributed by atoms with E-state index in [-0.39, 0.29) is 29.6 Å². The Morgan fingerprint density at radius 1 is 1.24 bits per heavy atom. The Labute approximate surface area is 200 Å². The Kier molecular flexibility index (Phi) is 6.06. The summed E-state index contributed by atoms with van der Waals surface area (Å²) in [7, 11) is 1.68. The summed E-state index contributed by atoms with van der Waals surface area (Å²) in [4.78, 5) is 30.3. The van der Waals surface area contributed by atoms with Crippen LogP contribution in [-0.4, -0.2) is 71.0 Å². The number of carbonyl (C=O) groups is 1. The number of nitrogens with zero attached hydrogens (tertiary/aromatic N) is 5. The number of methoxy groups -OCH3 is 1. The minimum absolute atomic E-state index is 0.00263. The summed E-state index contributed by atoms with van der Waals surface area (Å²) in [6, 6.07) is 4.02. The molecule has 1 saturated heterocycles. The van der Waals surface area contributed by atoms with Crippen LogP contribution in [-0.2, 0) is 15.9 Å². The fourth-order valence-electron chi connectivity index (χ4n) is 5.03. The average molecular weight is 468 g/mol. The van der Waals surface area contributed by atoms with Crippen LogP contribution >= 0.6 is 0 Å². The zero-order valence-corrected chi connectivity index (χ0v) is 20.4. The van der Waals surface area contributed by atoms with Gasteiger partial charge in [-0.2, -0.15) is 0 Å². The first-order chi connectivity index (χ1) is 16.4. The van der Waals surface area contributed by atoms with Gasteiger partial charge in [0, 0.05) is 51.2 Å². The molecule has 0 bridgehead atoms. The summed E-state index contributed by atoms with van der Waals surface area (Å²) in [5.41, 5.74) is 2.77. The Morgan fingerprint density at radius 3 is 2.82 bits per heavy atom. The van der Waals surface area contributed by atoms with E-state index in [1.54, 1.807) is 18.3 Å². The molecule has 9 heteroatoms. The molecular weight excluding hydrogens is 434 g/mol. The van der Waals surface area contributed by atoms with Crippen LogP contribution in [0.2, 0.25) is 0 Å². The lowest BCUT2D eigenvalue weighted by Crippen LogP contribution is -2.54. The quantitative estimate of drug-likeness (QED) is 0.637. The van der Waals surface area contributed by atoms with Crippen LogP contribution in [0.4, 0.5) is 16.3 Å². The summed E-state index contributed by atoms with van der Waals surface area (Å²) in [5.74, 6) is 1.50. The molecule has 0 N–H and O–H groups in total. The lowest BCUT2D eigenvalue weighted by Gasteiger charge is -2.42. The lowest BCUT2D eigenvalue weighted by molar-refractivity contribution is -0.0357. The van der Waals surface area contributed by atoms with E-state index in [1.165, 1.54) is 0 Å². The van der Waals surface area contributed by atoms with Crippen molar-refractivity contribution in [3.63, 3.8) is 0 Å². The second-order valence-electron chi connectivity index (χ2n) is 10.00. The summed E-state index contributed by atoms with van der Waals surface area (Å²) in [6.07, 6.45) is 5.75. The van der Waals surface area contributed by atoms with E-state index in [2.05, 4.69) is 32.8 Å². The molecule has 1 saturated carbocycles. The molecule has 3 unspecified atom stereocenters. The summed E-state index contributed by atoms with van der Waals surface area (Å²) < 4.78 is 17.8. The maximum absolute atomic E-state index is 12.8. The van der Waals surface area contributed by atoms with Crippen LogP contribution in [0.3, 0.4) is 0 Å². The lowest BCUT2D eigenvalue weighted by atomic mass is 9.87. The Morgan fingerprint density at radius 2 is 2.06 bits per heavy atom. The number of fused-ring (bicyclic) bond motifs is 1. The molecule has 2 fully saturated rings. The predicted molar refractivity (Wildman–Crippen MR) is 126 cm³/mol. The van der Waals surface area contributed by atoms with Crippen LogP contribution in [0, 0.1) is 18.8 Å². The monoisotopic (exact) mass is 467 g/mol. The highest BCUT2D eigenvalue weighted by atomic mass is 16.6. The van der Waals surface area contributed by atoms with Gasteiger partial charge in [-0.15, -0.1) is 0 Å². The van der Waals surface area contributed by atoms with Crippen molar-refractivity contribution < 1.29 is 19.0 Å². The number of rotatable bonds is 6. The fraction of sp³-hybridized carbons (Fsp3) is 0.600. The van der Waals surface area contributed by atoms with E-state index in [4.69, 9.17) is 14.2 Å². The average Bonchev–Trinajstić information content (AvgIpc) is 3.38. The third-order valence-corrected chi connectivity index (χ3v) is 7.16. The molecule has 5 rings (SSSR count). The molecule has 3 atom stereocenters. The second-order valence-corrected chi connectivity index (χ2v) is 10.00. The molecule has 2 aromatic rings. The summed E-state index contributed by atoms with van der Waals surface area (Å²) >= 11 is 0. The Hall–Kier alpha value is -2.94. The van der Waals surface area contributed by atoms with Crippen molar-refractivity contribution in [3.8, 4) is 5.88 Å². The van der Waals surface area contributed by atoms with Crippen molar-refractivity contribution in [3.05, 3.63) is 35.9 Å². The van der Waals surface area contributed by atoms with Crippen molar-refractivity contribution in [2.75, 3.05) is 38.3 Å². The van der Waals surface area contributed by atoms with Crippen molar-refractivity contribution >= 4 is 17.6 Å². The van der Waals surface area contributed by atoms with Gasteiger partial charge in [-0.1, -0.05) is 6.92 Å². The maximum atomic E-state index is 12.8. The molecule has 2 aliphatic heterocycles. The molecule has 9 nitrogen and oxygen atoms in total. The number of piperidine rings is 1. The van der Waals surface area contributed by atoms with Crippen molar-refractivity contribution in [1.82, 2.24) is 19.9 Å². The van der Waals surface area contributed by atoms with Crippen molar-refractivity contribution in [2.45, 2.75) is 51.7 Å². The standard InChI is InChI=1S/C25H33N5O4/c1-16-12-29(24(31)34-25(3)8-9-25)13-18(14-32-4)21(16)33-23-17(2)22(27-15-28-23)30-11-7-19-20(30)6-5-10-26-19/h5-6,10,15-16,18,21H,7-9,11-14H2,1-4H3. The van der Waals surface area contributed by atoms with E-state index in [9.17, 15) is 4.79 Å². The minimum atomic E-state index is -0.289. The van der Waals surface area contributed by atoms with Gasteiger partial charge >= 0.3 is 6.09 Å². The van der Waals surface area contributed by atoms with Gasteiger partial charge in [0.2, 0.25) is 5.88 Å². The molecule has 182 valence electrons. The predicted octanol–water partition coefficient (Wildman–Crippen LogP) is 3.53. The third kappa shape index (κ3) is 4.41. The molecule has 34 heavy (non-hydrogen) atoms. The van der Waals surface area contributed by atoms with Crippen LogP contribution in [0.1, 0.15) is 37.9 Å². The molecule has 1 amide bonds. The molecule has 3 aliphatic rings.